The molecule has 2 nitrogen and oxygen atoms in total. The third-order valence-electron chi connectivity index (χ3n) is 2.65. The predicted octanol–water partition coefficient (Wildman–Crippen LogP) is 2.57. The van der Waals surface area contributed by atoms with Gasteiger partial charge in [0.05, 0.1) is 0 Å². The van der Waals surface area contributed by atoms with Crippen LogP contribution in [0.15, 0.2) is 18.2 Å². The van der Waals surface area contributed by atoms with Gasteiger partial charge in [-0.05, 0) is 39.7 Å². The highest BCUT2D eigenvalue weighted by Gasteiger charge is 2.15. The fourth-order valence-corrected chi connectivity index (χ4v) is 1.79. The number of rotatable bonds is 6. The van der Waals surface area contributed by atoms with Crippen molar-refractivity contribution >= 4 is 0 Å². The van der Waals surface area contributed by atoms with Gasteiger partial charge in [0.2, 0.25) is 0 Å². The Labute approximate surface area is 102 Å². The summed E-state index contributed by atoms with van der Waals surface area (Å²) in [4.78, 5) is 2.05. The standard InChI is InChI=1S/C13H20F2N2/c1-4-16-13(7-8-17(2)3)11-6-5-10(14)9-12(11)15/h5-6,9,13,16H,4,7-8H2,1-3H3. The number of benzene rings is 1. The van der Waals surface area contributed by atoms with E-state index in [0.717, 1.165) is 25.6 Å². The average Bonchev–Trinajstić information content (AvgIpc) is 2.24. The number of halogens is 2. The topological polar surface area (TPSA) is 15.3 Å². The molecule has 0 aromatic heterocycles. The molecule has 1 aromatic carbocycles. The average molecular weight is 242 g/mol. The monoisotopic (exact) mass is 242 g/mol. The van der Waals surface area contributed by atoms with Crippen molar-refractivity contribution in [3.05, 3.63) is 35.4 Å². The largest absolute Gasteiger partial charge is 0.310 e. The van der Waals surface area contributed by atoms with Crippen LogP contribution in [0.25, 0.3) is 0 Å². The molecule has 0 aliphatic carbocycles. The van der Waals surface area contributed by atoms with Crippen LogP contribution in [-0.4, -0.2) is 32.1 Å². The molecule has 17 heavy (non-hydrogen) atoms. The molecule has 0 saturated carbocycles. The van der Waals surface area contributed by atoms with E-state index in [0.29, 0.717) is 5.56 Å². The highest BCUT2D eigenvalue weighted by molar-refractivity contribution is 5.22. The summed E-state index contributed by atoms with van der Waals surface area (Å²) in [5, 5.41) is 3.23. The van der Waals surface area contributed by atoms with Gasteiger partial charge in [-0.1, -0.05) is 13.0 Å². The van der Waals surface area contributed by atoms with E-state index in [-0.39, 0.29) is 6.04 Å². The van der Waals surface area contributed by atoms with Gasteiger partial charge in [-0.3, -0.25) is 0 Å². The highest BCUT2D eigenvalue weighted by Crippen LogP contribution is 2.21. The van der Waals surface area contributed by atoms with Crippen molar-refractivity contribution in [2.75, 3.05) is 27.2 Å². The normalized spacial score (nSPS) is 13.1. The van der Waals surface area contributed by atoms with Crippen LogP contribution >= 0.6 is 0 Å². The minimum atomic E-state index is -0.533. The first-order valence-corrected chi connectivity index (χ1v) is 5.87. The Morgan fingerprint density at radius 3 is 2.53 bits per heavy atom. The Morgan fingerprint density at radius 1 is 1.29 bits per heavy atom. The molecule has 0 bridgehead atoms. The van der Waals surface area contributed by atoms with E-state index in [9.17, 15) is 8.78 Å². The second-order valence-corrected chi connectivity index (χ2v) is 4.37. The van der Waals surface area contributed by atoms with Crippen molar-refractivity contribution < 1.29 is 8.78 Å². The van der Waals surface area contributed by atoms with Crippen LogP contribution in [0.5, 0.6) is 0 Å². The molecule has 0 spiro atoms. The highest BCUT2D eigenvalue weighted by atomic mass is 19.1. The summed E-state index contributed by atoms with van der Waals surface area (Å²) in [5.74, 6) is -1.01. The molecule has 0 aliphatic heterocycles. The molecular formula is C13H20F2N2. The lowest BCUT2D eigenvalue weighted by Gasteiger charge is -2.21. The second kappa shape index (κ2) is 6.67. The summed E-state index contributed by atoms with van der Waals surface area (Å²) in [7, 11) is 3.95. The maximum Gasteiger partial charge on any atom is 0.130 e. The molecule has 1 atom stereocenters. The molecule has 0 radical (unpaired) electrons. The van der Waals surface area contributed by atoms with Gasteiger partial charge in [0.1, 0.15) is 11.6 Å². The van der Waals surface area contributed by atoms with Gasteiger partial charge in [-0.15, -0.1) is 0 Å². The van der Waals surface area contributed by atoms with Crippen LogP contribution < -0.4 is 5.32 Å². The van der Waals surface area contributed by atoms with Crippen molar-refractivity contribution in [2.45, 2.75) is 19.4 Å². The second-order valence-electron chi connectivity index (χ2n) is 4.37. The van der Waals surface area contributed by atoms with Crippen LogP contribution in [-0.2, 0) is 0 Å². The van der Waals surface area contributed by atoms with Gasteiger partial charge in [0.15, 0.2) is 0 Å². The number of nitrogens with zero attached hydrogens (tertiary/aromatic N) is 1. The molecule has 1 rings (SSSR count). The van der Waals surface area contributed by atoms with E-state index >= 15 is 0 Å². The fourth-order valence-electron chi connectivity index (χ4n) is 1.79. The van der Waals surface area contributed by atoms with Crippen molar-refractivity contribution in [3.63, 3.8) is 0 Å². The smallest absolute Gasteiger partial charge is 0.130 e. The fraction of sp³-hybridized carbons (Fsp3) is 0.538. The van der Waals surface area contributed by atoms with Crippen molar-refractivity contribution in [1.82, 2.24) is 10.2 Å². The maximum absolute atomic E-state index is 13.7. The molecule has 0 amide bonds. The minimum Gasteiger partial charge on any atom is -0.310 e. The van der Waals surface area contributed by atoms with Gasteiger partial charge in [-0.2, -0.15) is 0 Å². The number of hydrogen-bond donors (Lipinski definition) is 1. The summed E-state index contributed by atoms with van der Waals surface area (Å²) in [6.07, 6.45) is 0.795. The summed E-state index contributed by atoms with van der Waals surface area (Å²) < 4.78 is 26.5. The van der Waals surface area contributed by atoms with E-state index in [1.165, 1.54) is 12.1 Å². The molecule has 1 N–H and O–H groups in total. The first kappa shape index (κ1) is 14.1. The van der Waals surface area contributed by atoms with E-state index in [1.54, 1.807) is 0 Å². The summed E-state index contributed by atoms with van der Waals surface area (Å²) in [6.45, 7) is 3.59. The molecule has 1 aromatic rings. The van der Waals surface area contributed by atoms with Crippen LogP contribution in [0, 0.1) is 11.6 Å². The first-order valence-electron chi connectivity index (χ1n) is 5.87. The zero-order chi connectivity index (χ0) is 12.8. The van der Waals surface area contributed by atoms with Crippen LogP contribution in [0.1, 0.15) is 24.9 Å². The number of hydrogen-bond acceptors (Lipinski definition) is 2. The molecule has 0 heterocycles. The Bertz CT molecular complexity index is 353. The zero-order valence-corrected chi connectivity index (χ0v) is 10.6. The van der Waals surface area contributed by atoms with Gasteiger partial charge in [0, 0.05) is 17.7 Å². The van der Waals surface area contributed by atoms with E-state index in [2.05, 4.69) is 5.32 Å². The van der Waals surface area contributed by atoms with Crippen molar-refractivity contribution in [2.24, 2.45) is 0 Å². The summed E-state index contributed by atoms with van der Waals surface area (Å²) in [5.41, 5.74) is 0.537. The van der Waals surface area contributed by atoms with Crippen LogP contribution in [0.2, 0.25) is 0 Å². The van der Waals surface area contributed by atoms with E-state index in [1.807, 2.05) is 25.9 Å². The van der Waals surface area contributed by atoms with Crippen molar-refractivity contribution in [3.8, 4) is 0 Å². The molecule has 4 heteroatoms. The van der Waals surface area contributed by atoms with Gasteiger partial charge < -0.3 is 10.2 Å². The predicted molar refractivity (Wildman–Crippen MR) is 65.9 cm³/mol. The lowest BCUT2D eigenvalue weighted by Crippen LogP contribution is -2.26. The van der Waals surface area contributed by atoms with Crippen LogP contribution in [0.3, 0.4) is 0 Å². The molecule has 96 valence electrons. The lowest BCUT2D eigenvalue weighted by molar-refractivity contribution is 0.358. The van der Waals surface area contributed by atoms with Gasteiger partial charge >= 0.3 is 0 Å². The maximum atomic E-state index is 13.7. The lowest BCUT2D eigenvalue weighted by atomic mass is 10.0. The molecule has 0 saturated heterocycles. The Balaban J connectivity index is 2.81. The summed E-state index contributed by atoms with van der Waals surface area (Å²) in [6, 6.07) is 3.70. The van der Waals surface area contributed by atoms with Crippen LogP contribution in [0.4, 0.5) is 8.78 Å². The first-order chi connectivity index (χ1) is 8.04. The third-order valence-corrected chi connectivity index (χ3v) is 2.65. The molecular weight excluding hydrogens is 222 g/mol. The molecule has 0 aliphatic rings. The van der Waals surface area contributed by atoms with E-state index in [4.69, 9.17) is 0 Å². The van der Waals surface area contributed by atoms with E-state index < -0.39 is 11.6 Å². The molecule has 0 fully saturated rings. The molecule has 1 unspecified atom stereocenters. The Morgan fingerprint density at radius 2 is 2.00 bits per heavy atom. The quantitative estimate of drug-likeness (QED) is 0.824. The van der Waals surface area contributed by atoms with Crippen molar-refractivity contribution in [1.29, 1.82) is 0 Å². The van der Waals surface area contributed by atoms with Gasteiger partial charge in [0.25, 0.3) is 0 Å². The Kier molecular flexibility index (Phi) is 5.51. The van der Waals surface area contributed by atoms with Gasteiger partial charge in [-0.25, -0.2) is 8.78 Å². The zero-order valence-electron chi connectivity index (χ0n) is 10.6. The third kappa shape index (κ3) is 4.40. The number of nitrogens with one attached hydrogen (secondary N) is 1. The minimum absolute atomic E-state index is 0.0667. The summed E-state index contributed by atoms with van der Waals surface area (Å²) >= 11 is 0. The SMILES string of the molecule is CCNC(CCN(C)C)c1ccc(F)cc1F. The Hall–Kier alpha value is -1.00.